The van der Waals surface area contributed by atoms with Crippen molar-refractivity contribution in [1.29, 1.82) is 5.26 Å². The molecule has 2 bridgehead atoms. The number of piperidine rings is 1. The molecule has 0 N–H and O–H groups in total. The first-order valence-electron chi connectivity index (χ1n) is 7.37. The zero-order valence-electron chi connectivity index (χ0n) is 12.0. The lowest BCUT2D eigenvalue weighted by Crippen LogP contribution is -2.49. The molecule has 0 saturated carbocycles. The number of rotatable bonds is 1. The average Bonchev–Trinajstić information content (AvgIpc) is 3.01. The van der Waals surface area contributed by atoms with E-state index in [9.17, 15) is 4.79 Å². The predicted octanol–water partition coefficient (Wildman–Crippen LogP) is 2.62. The van der Waals surface area contributed by atoms with Crippen molar-refractivity contribution in [2.45, 2.75) is 51.6 Å². The number of amides is 1. The third kappa shape index (κ3) is 2.09. The maximum absolute atomic E-state index is 12.6. The second kappa shape index (κ2) is 4.93. The Morgan fingerprint density at radius 3 is 2.55 bits per heavy atom. The highest BCUT2D eigenvalue weighted by atomic mass is 16.2. The second-order valence-electron chi connectivity index (χ2n) is 6.34. The lowest BCUT2D eigenvalue weighted by atomic mass is 9.83. The first-order chi connectivity index (χ1) is 9.60. The summed E-state index contributed by atoms with van der Waals surface area (Å²) in [5.41, 5.74) is 0.433. The molecule has 2 atom stereocenters. The van der Waals surface area contributed by atoms with Crippen molar-refractivity contribution in [3.05, 3.63) is 18.0 Å². The van der Waals surface area contributed by atoms with Crippen molar-refractivity contribution < 1.29 is 4.79 Å². The van der Waals surface area contributed by atoms with Crippen molar-refractivity contribution in [2.75, 3.05) is 0 Å². The fourth-order valence-electron chi connectivity index (χ4n) is 3.68. The van der Waals surface area contributed by atoms with Crippen LogP contribution in [0.5, 0.6) is 0 Å². The lowest BCUT2D eigenvalue weighted by Gasteiger charge is -2.40. The van der Waals surface area contributed by atoms with Gasteiger partial charge < -0.3 is 4.90 Å². The van der Waals surface area contributed by atoms with Crippen molar-refractivity contribution in [1.82, 2.24) is 14.7 Å². The molecular weight excluding hydrogens is 252 g/mol. The maximum Gasteiger partial charge on any atom is 0.345 e. The molecule has 5 nitrogen and oxygen atoms in total. The van der Waals surface area contributed by atoms with Gasteiger partial charge in [-0.15, -0.1) is 0 Å². The summed E-state index contributed by atoms with van der Waals surface area (Å²) < 4.78 is 1.32. The molecule has 106 valence electrons. The Morgan fingerprint density at radius 1 is 1.40 bits per heavy atom. The lowest BCUT2D eigenvalue weighted by molar-refractivity contribution is 0.105. The molecule has 0 spiro atoms. The standard InChI is InChI=1S/C15H20N4O/c1-10(2)12-5-13-3-4-14(6-12)19(13)15(20)18-9-11(7-16)8-17-18/h8-10,12-14H,3-6H2,1-2H3. The SMILES string of the molecule is CC(C)C1CC2CCC(C1)N2C(=O)n1cc(C#N)cn1. The van der Waals surface area contributed by atoms with E-state index in [1.165, 1.54) is 17.1 Å². The first-order valence-corrected chi connectivity index (χ1v) is 7.37. The maximum atomic E-state index is 12.6. The molecule has 0 aliphatic carbocycles. The number of hydrogen-bond donors (Lipinski definition) is 0. The molecule has 0 radical (unpaired) electrons. The predicted molar refractivity (Wildman–Crippen MR) is 73.9 cm³/mol. The van der Waals surface area contributed by atoms with Crippen LogP contribution in [0.15, 0.2) is 12.4 Å². The summed E-state index contributed by atoms with van der Waals surface area (Å²) in [6.07, 6.45) is 7.38. The van der Waals surface area contributed by atoms with Crippen LogP contribution < -0.4 is 0 Å². The van der Waals surface area contributed by atoms with E-state index in [-0.39, 0.29) is 6.03 Å². The average molecular weight is 272 g/mol. The van der Waals surface area contributed by atoms with Crippen LogP contribution in [0.2, 0.25) is 0 Å². The number of aromatic nitrogens is 2. The molecule has 0 aromatic carbocycles. The van der Waals surface area contributed by atoms with Gasteiger partial charge in [-0.1, -0.05) is 13.8 Å². The van der Waals surface area contributed by atoms with Gasteiger partial charge in [-0.25, -0.2) is 4.79 Å². The highest BCUT2D eigenvalue weighted by Gasteiger charge is 2.44. The Bertz CT molecular complexity index is 542. The van der Waals surface area contributed by atoms with Gasteiger partial charge in [0.15, 0.2) is 0 Å². The summed E-state index contributed by atoms with van der Waals surface area (Å²) in [6, 6.07) is 2.64. The number of nitriles is 1. The minimum Gasteiger partial charge on any atom is -0.317 e. The van der Waals surface area contributed by atoms with E-state index < -0.39 is 0 Å². The van der Waals surface area contributed by atoms with E-state index in [4.69, 9.17) is 5.26 Å². The first kappa shape index (κ1) is 13.2. The molecule has 2 unspecified atom stereocenters. The Morgan fingerprint density at radius 2 is 2.05 bits per heavy atom. The zero-order valence-corrected chi connectivity index (χ0v) is 12.0. The largest absolute Gasteiger partial charge is 0.345 e. The third-order valence-electron chi connectivity index (χ3n) is 4.84. The molecule has 1 aromatic heterocycles. The highest BCUT2D eigenvalue weighted by Crippen LogP contribution is 2.41. The zero-order chi connectivity index (χ0) is 14.3. The van der Waals surface area contributed by atoms with Crippen LogP contribution in [0, 0.1) is 23.2 Å². The van der Waals surface area contributed by atoms with Crippen molar-refractivity contribution in [3.8, 4) is 6.07 Å². The fraction of sp³-hybridized carbons (Fsp3) is 0.667. The van der Waals surface area contributed by atoms with Crippen LogP contribution in [0.4, 0.5) is 4.79 Å². The van der Waals surface area contributed by atoms with E-state index in [0.717, 1.165) is 31.6 Å². The van der Waals surface area contributed by atoms with Crippen molar-refractivity contribution in [2.24, 2.45) is 11.8 Å². The Hall–Kier alpha value is -1.83. The Balaban J connectivity index is 1.79. The topological polar surface area (TPSA) is 61.9 Å². The van der Waals surface area contributed by atoms with Gasteiger partial charge in [0.2, 0.25) is 0 Å². The van der Waals surface area contributed by atoms with Crippen LogP contribution in [-0.4, -0.2) is 32.8 Å². The van der Waals surface area contributed by atoms with Crippen LogP contribution in [0.3, 0.4) is 0 Å². The molecule has 3 heterocycles. The monoisotopic (exact) mass is 272 g/mol. The van der Waals surface area contributed by atoms with Crippen molar-refractivity contribution in [3.63, 3.8) is 0 Å². The van der Waals surface area contributed by atoms with Gasteiger partial charge in [0.05, 0.1) is 18.0 Å². The third-order valence-corrected chi connectivity index (χ3v) is 4.84. The molecule has 2 aliphatic rings. The van der Waals surface area contributed by atoms with E-state index in [1.54, 1.807) is 0 Å². The minimum absolute atomic E-state index is 0.0683. The summed E-state index contributed by atoms with van der Waals surface area (Å²) in [5, 5.41) is 12.8. The minimum atomic E-state index is -0.0683. The smallest absolute Gasteiger partial charge is 0.317 e. The molecule has 2 fully saturated rings. The second-order valence-corrected chi connectivity index (χ2v) is 6.34. The summed E-state index contributed by atoms with van der Waals surface area (Å²) in [7, 11) is 0. The highest BCUT2D eigenvalue weighted by molar-refractivity contribution is 5.77. The molecule has 2 aliphatic heterocycles. The van der Waals surface area contributed by atoms with Gasteiger partial charge in [-0.2, -0.15) is 15.0 Å². The molecule has 3 rings (SSSR count). The molecule has 1 aromatic rings. The van der Waals surface area contributed by atoms with E-state index >= 15 is 0 Å². The van der Waals surface area contributed by atoms with Crippen LogP contribution >= 0.6 is 0 Å². The quantitative estimate of drug-likeness (QED) is 0.789. The van der Waals surface area contributed by atoms with E-state index in [2.05, 4.69) is 18.9 Å². The van der Waals surface area contributed by atoms with Gasteiger partial charge in [-0.05, 0) is 37.5 Å². The van der Waals surface area contributed by atoms with E-state index in [0.29, 0.717) is 23.6 Å². The van der Waals surface area contributed by atoms with Crippen LogP contribution in [0.25, 0.3) is 0 Å². The molecule has 1 amide bonds. The summed E-state index contributed by atoms with van der Waals surface area (Å²) in [4.78, 5) is 14.6. The van der Waals surface area contributed by atoms with Gasteiger partial charge in [0.25, 0.3) is 0 Å². The van der Waals surface area contributed by atoms with Gasteiger partial charge in [0.1, 0.15) is 6.07 Å². The number of carbonyl (C=O) groups is 1. The van der Waals surface area contributed by atoms with Crippen LogP contribution in [0.1, 0.15) is 45.1 Å². The summed E-state index contributed by atoms with van der Waals surface area (Å²) in [5.74, 6) is 1.41. The van der Waals surface area contributed by atoms with Crippen LogP contribution in [-0.2, 0) is 0 Å². The van der Waals surface area contributed by atoms with Crippen molar-refractivity contribution >= 4 is 6.03 Å². The fourth-order valence-corrected chi connectivity index (χ4v) is 3.68. The molecule has 5 heteroatoms. The molecule has 2 saturated heterocycles. The number of nitrogens with zero attached hydrogens (tertiary/aromatic N) is 4. The van der Waals surface area contributed by atoms with Gasteiger partial charge in [-0.3, -0.25) is 0 Å². The van der Waals surface area contributed by atoms with E-state index in [1.807, 2.05) is 11.0 Å². The molecular formula is C15H20N4O. The van der Waals surface area contributed by atoms with Gasteiger partial charge >= 0.3 is 6.03 Å². The normalized spacial score (nSPS) is 28.7. The van der Waals surface area contributed by atoms with Gasteiger partial charge in [0, 0.05) is 12.1 Å². The molecule has 20 heavy (non-hydrogen) atoms. The number of fused-ring (bicyclic) bond motifs is 2. The number of carbonyl (C=O) groups excluding carboxylic acids is 1. The Kier molecular flexibility index (Phi) is 3.25. The Labute approximate surface area is 119 Å². The summed E-state index contributed by atoms with van der Waals surface area (Å²) in [6.45, 7) is 4.54. The summed E-state index contributed by atoms with van der Waals surface area (Å²) >= 11 is 0. The number of hydrogen-bond acceptors (Lipinski definition) is 3.